The van der Waals surface area contributed by atoms with Crippen molar-refractivity contribution >= 4 is 33.9 Å². The summed E-state index contributed by atoms with van der Waals surface area (Å²) in [6, 6.07) is 12.8. The van der Waals surface area contributed by atoms with Crippen molar-refractivity contribution in [3.05, 3.63) is 63.8 Å². The van der Waals surface area contributed by atoms with E-state index in [9.17, 15) is 4.79 Å². The van der Waals surface area contributed by atoms with E-state index in [0.29, 0.717) is 17.1 Å². The maximum atomic E-state index is 12.0. The molecule has 0 aliphatic carbocycles. The third-order valence-corrected chi connectivity index (χ3v) is 3.95. The Kier molecular flexibility index (Phi) is 4.66. The van der Waals surface area contributed by atoms with Crippen molar-refractivity contribution in [1.82, 2.24) is 0 Å². The van der Waals surface area contributed by atoms with Gasteiger partial charge in [-0.15, -0.1) is 0 Å². The molecule has 2 aromatic rings. The summed E-state index contributed by atoms with van der Waals surface area (Å²) < 4.78 is 16.7. The van der Waals surface area contributed by atoms with Gasteiger partial charge in [-0.1, -0.05) is 28.1 Å². The molecule has 0 saturated carbocycles. The largest absolute Gasteiger partial charge is 0.493 e. The first kappa shape index (κ1) is 16.3. The first-order chi connectivity index (χ1) is 11.6. The van der Waals surface area contributed by atoms with Gasteiger partial charge in [-0.3, -0.25) is 0 Å². The number of benzene rings is 2. The summed E-state index contributed by atoms with van der Waals surface area (Å²) in [5.74, 6) is 0.892. The third-order valence-electron chi connectivity index (χ3n) is 3.42. The van der Waals surface area contributed by atoms with Crippen LogP contribution in [0.1, 0.15) is 11.1 Å². The van der Waals surface area contributed by atoms with E-state index in [4.69, 9.17) is 14.2 Å². The van der Waals surface area contributed by atoms with Gasteiger partial charge in [0, 0.05) is 10.0 Å². The number of esters is 1. The van der Waals surface area contributed by atoms with Crippen LogP contribution >= 0.6 is 15.9 Å². The molecule has 0 radical (unpaired) electrons. The lowest BCUT2D eigenvalue weighted by Crippen LogP contribution is -2.05. The Balaban J connectivity index is 1.93. The summed E-state index contributed by atoms with van der Waals surface area (Å²) in [4.78, 5) is 16.3. The summed E-state index contributed by atoms with van der Waals surface area (Å²) in [5.41, 5.74) is 1.75. The molecule has 1 heterocycles. The zero-order valence-electron chi connectivity index (χ0n) is 13.1. The van der Waals surface area contributed by atoms with Crippen LogP contribution in [0.5, 0.6) is 11.5 Å². The fraction of sp³-hybridized carbons (Fsp3) is 0.111. The second-order valence-electron chi connectivity index (χ2n) is 4.96. The van der Waals surface area contributed by atoms with Crippen LogP contribution in [0.15, 0.2) is 57.6 Å². The molecule has 24 heavy (non-hydrogen) atoms. The number of cyclic esters (lactones) is 1. The van der Waals surface area contributed by atoms with Crippen LogP contribution in [0.25, 0.3) is 6.08 Å². The number of carbonyl (C=O) groups is 1. The van der Waals surface area contributed by atoms with E-state index in [0.717, 1.165) is 10.0 Å². The van der Waals surface area contributed by atoms with Crippen molar-refractivity contribution in [2.24, 2.45) is 4.99 Å². The summed E-state index contributed by atoms with van der Waals surface area (Å²) in [6.07, 6.45) is 1.68. The Bertz CT molecular complexity index is 841. The number of nitrogens with zero attached hydrogens (tertiary/aromatic N) is 1. The molecule has 0 amide bonds. The van der Waals surface area contributed by atoms with Crippen LogP contribution < -0.4 is 9.47 Å². The maximum absolute atomic E-state index is 12.0. The normalized spacial score (nSPS) is 15.2. The average molecular weight is 388 g/mol. The van der Waals surface area contributed by atoms with Gasteiger partial charge in [0.05, 0.1) is 14.2 Å². The fourth-order valence-electron chi connectivity index (χ4n) is 2.22. The van der Waals surface area contributed by atoms with Gasteiger partial charge in [0.2, 0.25) is 5.90 Å². The molecule has 0 atom stereocenters. The zero-order chi connectivity index (χ0) is 17.1. The summed E-state index contributed by atoms with van der Waals surface area (Å²) in [5, 5.41) is 0. The number of aliphatic imine (C=N–C) groups is 1. The second kappa shape index (κ2) is 6.88. The highest BCUT2D eigenvalue weighted by Gasteiger charge is 2.25. The molecule has 0 fully saturated rings. The Hall–Kier alpha value is -2.60. The lowest BCUT2D eigenvalue weighted by molar-refractivity contribution is -0.129. The average Bonchev–Trinajstić information content (AvgIpc) is 2.97. The van der Waals surface area contributed by atoms with E-state index in [-0.39, 0.29) is 11.6 Å². The van der Waals surface area contributed by atoms with E-state index >= 15 is 0 Å². The standard InChI is InChI=1S/C18H14BrNO4/c1-22-15-8-5-12(10-16(15)23-2)17-20-14(18(21)24-17)9-11-3-6-13(19)7-4-11/h3-10H,1-2H3/b14-9-. The predicted molar refractivity (Wildman–Crippen MR) is 94.3 cm³/mol. The van der Waals surface area contributed by atoms with Crippen LogP contribution in [0.4, 0.5) is 0 Å². The van der Waals surface area contributed by atoms with Gasteiger partial charge in [0.1, 0.15) is 0 Å². The molecular weight excluding hydrogens is 374 g/mol. The monoisotopic (exact) mass is 387 g/mol. The number of hydrogen-bond donors (Lipinski definition) is 0. The maximum Gasteiger partial charge on any atom is 0.363 e. The molecule has 0 spiro atoms. The Morgan fingerprint density at radius 3 is 2.42 bits per heavy atom. The van der Waals surface area contributed by atoms with E-state index in [1.54, 1.807) is 38.5 Å². The highest BCUT2D eigenvalue weighted by molar-refractivity contribution is 9.10. The van der Waals surface area contributed by atoms with Crippen molar-refractivity contribution in [2.45, 2.75) is 0 Å². The van der Waals surface area contributed by atoms with Crippen LogP contribution in [0, 0.1) is 0 Å². The van der Waals surface area contributed by atoms with E-state index < -0.39 is 5.97 Å². The third kappa shape index (κ3) is 3.33. The number of halogens is 1. The Morgan fingerprint density at radius 2 is 1.75 bits per heavy atom. The van der Waals surface area contributed by atoms with Gasteiger partial charge < -0.3 is 14.2 Å². The zero-order valence-corrected chi connectivity index (χ0v) is 14.7. The molecule has 0 unspecified atom stereocenters. The minimum absolute atomic E-state index is 0.240. The van der Waals surface area contributed by atoms with Gasteiger partial charge in [-0.2, -0.15) is 0 Å². The Labute approximate surface area is 147 Å². The lowest BCUT2D eigenvalue weighted by atomic mass is 10.2. The van der Waals surface area contributed by atoms with Crippen molar-refractivity contribution in [2.75, 3.05) is 14.2 Å². The first-order valence-corrected chi connectivity index (χ1v) is 7.90. The van der Waals surface area contributed by atoms with Crippen molar-refractivity contribution in [1.29, 1.82) is 0 Å². The van der Waals surface area contributed by atoms with E-state index in [2.05, 4.69) is 20.9 Å². The number of hydrogen-bond acceptors (Lipinski definition) is 5. The molecule has 0 bridgehead atoms. The molecule has 3 rings (SSSR count). The van der Waals surface area contributed by atoms with Gasteiger partial charge in [-0.25, -0.2) is 9.79 Å². The molecule has 0 aromatic heterocycles. The van der Waals surface area contributed by atoms with Crippen LogP contribution in [-0.2, 0) is 9.53 Å². The smallest absolute Gasteiger partial charge is 0.363 e. The lowest BCUT2D eigenvalue weighted by Gasteiger charge is -2.08. The van der Waals surface area contributed by atoms with Crippen LogP contribution in [0.3, 0.4) is 0 Å². The van der Waals surface area contributed by atoms with Gasteiger partial charge in [0.25, 0.3) is 0 Å². The molecule has 122 valence electrons. The SMILES string of the molecule is COc1ccc(C2=N/C(=C\c3ccc(Br)cc3)C(=O)O2)cc1OC. The molecule has 0 saturated heterocycles. The van der Waals surface area contributed by atoms with Crippen molar-refractivity contribution < 1.29 is 19.0 Å². The quantitative estimate of drug-likeness (QED) is 0.591. The number of methoxy groups -OCH3 is 2. The Morgan fingerprint density at radius 1 is 1.04 bits per heavy atom. The summed E-state index contributed by atoms with van der Waals surface area (Å²) in [6.45, 7) is 0. The fourth-order valence-corrected chi connectivity index (χ4v) is 2.48. The number of carbonyl (C=O) groups excluding carboxylic acids is 1. The number of rotatable bonds is 4. The topological polar surface area (TPSA) is 57.1 Å². The molecule has 6 heteroatoms. The minimum atomic E-state index is -0.484. The van der Waals surface area contributed by atoms with Crippen LogP contribution in [0.2, 0.25) is 0 Å². The highest BCUT2D eigenvalue weighted by atomic mass is 79.9. The van der Waals surface area contributed by atoms with Gasteiger partial charge >= 0.3 is 5.97 Å². The van der Waals surface area contributed by atoms with E-state index in [1.807, 2.05) is 24.3 Å². The first-order valence-electron chi connectivity index (χ1n) is 7.11. The highest BCUT2D eigenvalue weighted by Crippen LogP contribution is 2.29. The minimum Gasteiger partial charge on any atom is -0.493 e. The second-order valence-corrected chi connectivity index (χ2v) is 5.87. The van der Waals surface area contributed by atoms with Crippen LogP contribution in [-0.4, -0.2) is 26.1 Å². The molecule has 2 aromatic carbocycles. The van der Waals surface area contributed by atoms with E-state index in [1.165, 1.54) is 0 Å². The molecule has 0 N–H and O–H groups in total. The molecule has 1 aliphatic rings. The molecule has 1 aliphatic heterocycles. The molecular formula is C18H14BrNO4. The number of ether oxygens (including phenoxy) is 3. The summed E-state index contributed by atoms with van der Waals surface area (Å²) >= 11 is 3.37. The van der Waals surface area contributed by atoms with Gasteiger partial charge in [-0.05, 0) is 42.0 Å². The van der Waals surface area contributed by atoms with Gasteiger partial charge in [0.15, 0.2) is 17.2 Å². The predicted octanol–water partition coefficient (Wildman–Crippen LogP) is 3.81. The van der Waals surface area contributed by atoms with Crippen molar-refractivity contribution in [3.63, 3.8) is 0 Å². The summed E-state index contributed by atoms with van der Waals surface area (Å²) in [7, 11) is 3.10. The molecule has 5 nitrogen and oxygen atoms in total. The van der Waals surface area contributed by atoms with Crippen molar-refractivity contribution in [3.8, 4) is 11.5 Å².